The van der Waals surface area contributed by atoms with Crippen LogP contribution in [0.4, 0.5) is 4.79 Å². The van der Waals surface area contributed by atoms with E-state index in [1.807, 2.05) is 31.2 Å². The Morgan fingerprint density at radius 2 is 2.00 bits per heavy atom. The first-order chi connectivity index (χ1) is 12.1. The summed E-state index contributed by atoms with van der Waals surface area (Å²) in [5.41, 5.74) is 1.04. The van der Waals surface area contributed by atoms with Crippen LogP contribution in [0.15, 0.2) is 30.6 Å². The van der Waals surface area contributed by atoms with Crippen LogP contribution in [0.3, 0.4) is 0 Å². The third-order valence-corrected chi connectivity index (χ3v) is 4.13. The number of benzene rings is 1. The average Bonchev–Trinajstić information content (AvgIpc) is 3.15. The molecule has 25 heavy (non-hydrogen) atoms. The lowest BCUT2D eigenvalue weighted by Gasteiger charge is -2.12. The molecule has 8 heteroatoms. The zero-order chi connectivity index (χ0) is 17.8. The van der Waals surface area contributed by atoms with Crippen LogP contribution in [0.1, 0.15) is 24.7 Å². The Bertz CT molecular complexity index is 756. The van der Waals surface area contributed by atoms with Crippen LogP contribution in [0.5, 0.6) is 5.75 Å². The van der Waals surface area contributed by atoms with Crippen LogP contribution < -0.4 is 10.1 Å². The topological polar surface area (TPSA) is 89.3 Å². The van der Waals surface area contributed by atoms with Gasteiger partial charge in [-0.2, -0.15) is 5.10 Å². The van der Waals surface area contributed by atoms with E-state index in [1.54, 1.807) is 11.8 Å². The molecule has 1 atom stereocenters. The number of carbonyl (C=O) groups excluding carboxylic acids is 2. The van der Waals surface area contributed by atoms with Crippen molar-refractivity contribution in [2.24, 2.45) is 0 Å². The molecular weight excluding hydrogens is 322 g/mol. The number of nitrogens with zero attached hydrogens (tertiary/aromatic N) is 4. The number of imide groups is 1. The molecule has 0 aliphatic carbocycles. The van der Waals surface area contributed by atoms with Crippen molar-refractivity contribution in [1.29, 1.82) is 0 Å². The second-order valence-corrected chi connectivity index (χ2v) is 5.88. The van der Waals surface area contributed by atoms with Gasteiger partial charge in [-0.3, -0.25) is 9.69 Å². The van der Waals surface area contributed by atoms with Gasteiger partial charge in [-0.1, -0.05) is 19.1 Å². The summed E-state index contributed by atoms with van der Waals surface area (Å²) in [6, 6.07) is 6.76. The fraction of sp³-hybridized carbons (Fsp3) is 0.412. The predicted molar refractivity (Wildman–Crippen MR) is 90.1 cm³/mol. The van der Waals surface area contributed by atoms with Crippen molar-refractivity contribution in [3.05, 3.63) is 42.0 Å². The van der Waals surface area contributed by atoms with Crippen LogP contribution in [0, 0.1) is 0 Å². The standard InChI is InChI=1S/C17H21N5O3/c1-3-8-21-16(23)14(20-17(21)24)9-15-18-11-19-22(15)10-12-4-6-13(25-2)7-5-12/h4-7,11,14H,3,8-10H2,1-2H3,(H,20,24). The van der Waals surface area contributed by atoms with Gasteiger partial charge in [-0.25, -0.2) is 14.5 Å². The Labute approximate surface area is 145 Å². The first-order valence-corrected chi connectivity index (χ1v) is 8.24. The molecule has 1 unspecified atom stereocenters. The molecule has 1 aliphatic heterocycles. The molecule has 3 rings (SSSR count). The summed E-state index contributed by atoms with van der Waals surface area (Å²) in [5, 5.41) is 6.96. The summed E-state index contributed by atoms with van der Waals surface area (Å²) in [7, 11) is 1.62. The molecule has 1 N–H and O–H groups in total. The van der Waals surface area contributed by atoms with Crippen molar-refractivity contribution in [2.45, 2.75) is 32.4 Å². The van der Waals surface area contributed by atoms with Gasteiger partial charge >= 0.3 is 6.03 Å². The van der Waals surface area contributed by atoms with Gasteiger partial charge in [0.25, 0.3) is 5.91 Å². The third-order valence-electron chi connectivity index (χ3n) is 4.13. The molecule has 1 saturated heterocycles. The summed E-state index contributed by atoms with van der Waals surface area (Å²) in [5.74, 6) is 1.25. The summed E-state index contributed by atoms with van der Waals surface area (Å²) in [6.45, 7) is 2.89. The van der Waals surface area contributed by atoms with Gasteiger partial charge in [0.15, 0.2) is 0 Å². The Hall–Kier alpha value is -2.90. The van der Waals surface area contributed by atoms with Gasteiger partial charge in [-0.15, -0.1) is 0 Å². The highest BCUT2D eigenvalue weighted by molar-refractivity contribution is 6.04. The fourth-order valence-corrected chi connectivity index (χ4v) is 2.82. The van der Waals surface area contributed by atoms with E-state index >= 15 is 0 Å². The van der Waals surface area contributed by atoms with Gasteiger partial charge in [0, 0.05) is 13.0 Å². The second-order valence-electron chi connectivity index (χ2n) is 5.88. The fourth-order valence-electron chi connectivity index (χ4n) is 2.82. The molecule has 0 radical (unpaired) electrons. The number of hydrogen-bond donors (Lipinski definition) is 1. The molecular formula is C17H21N5O3. The Morgan fingerprint density at radius 1 is 1.24 bits per heavy atom. The Balaban J connectivity index is 1.69. The number of amides is 3. The molecule has 0 spiro atoms. The second kappa shape index (κ2) is 7.33. The third kappa shape index (κ3) is 3.62. The molecule has 132 valence electrons. The minimum atomic E-state index is -0.585. The number of hydrogen-bond acceptors (Lipinski definition) is 5. The van der Waals surface area contributed by atoms with E-state index in [0.29, 0.717) is 25.3 Å². The number of methoxy groups -OCH3 is 1. The van der Waals surface area contributed by atoms with E-state index in [9.17, 15) is 9.59 Å². The first-order valence-electron chi connectivity index (χ1n) is 8.24. The van der Waals surface area contributed by atoms with Crippen molar-refractivity contribution in [2.75, 3.05) is 13.7 Å². The van der Waals surface area contributed by atoms with Gasteiger partial charge < -0.3 is 10.1 Å². The molecule has 0 saturated carbocycles. The van der Waals surface area contributed by atoms with Gasteiger partial charge in [-0.05, 0) is 24.1 Å². The monoisotopic (exact) mass is 343 g/mol. The number of nitrogens with one attached hydrogen (secondary N) is 1. The minimum Gasteiger partial charge on any atom is -0.497 e. The maximum Gasteiger partial charge on any atom is 0.324 e. The molecule has 0 bridgehead atoms. The zero-order valence-electron chi connectivity index (χ0n) is 14.3. The maximum absolute atomic E-state index is 12.3. The number of carbonyl (C=O) groups is 2. The van der Waals surface area contributed by atoms with Crippen molar-refractivity contribution in [3.63, 3.8) is 0 Å². The van der Waals surface area contributed by atoms with Crippen molar-refractivity contribution >= 4 is 11.9 Å². The van der Waals surface area contributed by atoms with Crippen LogP contribution in [-0.2, 0) is 17.8 Å². The van der Waals surface area contributed by atoms with E-state index in [4.69, 9.17) is 4.74 Å². The number of urea groups is 1. The van der Waals surface area contributed by atoms with Crippen LogP contribution >= 0.6 is 0 Å². The molecule has 8 nitrogen and oxygen atoms in total. The summed E-state index contributed by atoms with van der Waals surface area (Å²) in [4.78, 5) is 29.7. The molecule has 1 aromatic carbocycles. The molecule has 1 aliphatic rings. The van der Waals surface area contributed by atoms with Crippen LogP contribution in [-0.4, -0.2) is 51.3 Å². The minimum absolute atomic E-state index is 0.203. The summed E-state index contributed by atoms with van der Waals surface area (Å²) < 4.78 is 6.89. The van der Waals surface area contributed by atoms with E-state index < -0.39 is 6.04 Å². The first kappa shape index (κ1) is 16.9. The SMILES string of the molecule is CCCN1C(=O)NC(Cc2ncnn2Cc2ccc(OC)cc2)C1=O. The van der Waals surface area contributed by atoms with Gasteiger partial charge in [0.05, 0.1) is 13.7 Å². The lowest BCUT2D eigenvalue weighted by atomic mass is 10.2. The van der Waals surface area contributed by atoms with E-state index in [2.05, 4.69) is 15.4 Å². The summed E-state index contributed by atoms with van der Waals surface area (Å²) in [6.07, 6.45) is 2.52. The van der Waals surface area contributed by atoms with E-state index in [1.165, 1.54) is 11.2 Å². The predicted octanol–water partition coefficient (Wildman–Crippen LogP) is 1.21. The molecule has 2 aromatic rings. The summed E-state index contributed by atoms with van der Waals surface area (Å²) >= 11 is 0. The lowest BCUT2D eigenvalue weighted by molar-refractivity contribution is -0.127. The normalized spacial score (nSPS) is 17.0. The van der Waals surface area contributed by atoms with E-state index in [-0.39, 0.29) is 11.9 Å². The highest BCUT2D eigenvalue weighted by Gasteiger charge is 2.38. The Kier molecular flexibility index (Phi) is 4.97. The van der Waals surface area contributed by atoms with E-state index in [0.717, 1.165) is 17.7 Å². The molecule has 1 fully saturated rings. The highest BCUT2D eigenvalue weighted by Crippen LogP contribution is 2.14. The molecule has 2 heterocycles. The molecule has 3 amide bonds. The van der Waals surface area contributed by atoms with Crippen LogP contribution in [0.25, 0.3) is 0 Å². The van der Waals surface area contributed by atoms with Crippen molar-refractivity contribution in [3.8, 4) is 5.75 Å². The smallest absolute Gasteiger partial charge is 0.324 e. The number of rotatable bonds is 7. The lowest BCUT2D eigenvalue weighted by Crippen LogP contribution is -2.33. The van der Waals surface area contributed by atoms with Crippen molar-refractivity contribution in [1.82, 2.24) is 25.0 Å². The quantitative estimate of drug-likeness (QED) is 0.763. The van der Waals surface area contributed by atoms with Gasteiger partial charge in [0.1, 0.15) is 23.9 Å². The zero-order valence-corrected chi connectivity index (χ0v) is 14.3. The average molecular weight is 343 g/mol. The number of aromatic nitrogens is 3. The van der Waals surface area contributed by atoms with Crippen molar-refractivity contribution < 1.29 is 14.3 Å². The largest absolute Gasteiger partial charge is 0.497 e. The maximum atomic E-state index is 12.3. The number of ether oxygens (including phenoxy) is 1. The molecule has 1 aromatic heterocycles. The highest BCUT2D eigenvalue weighted by atomic mass is 16.5. The van der Waals surface area contributed by atoms with Gasteiger partial charge in [0.2, 0.25) is 0 Å². The van der Waals surface area contributed by atoms with Crippen LogP contribution in [0.2, 0.25) is 0 Å². The Morgan fingerprint density at radius 3 is 2.68 bits per heavy atom.